The van der Waals surface area contributed by atoms with Crippen molar-refractivity contribution in [1.82, 2.24) is 0 Å². The van der Waals surface area contributed by atoms with Gasteiger partial charge in [-0.05, 0) is 31.4 Å². The van der Waals surface area contributed by atoms with Crippen molar-refractivity contribution in [3.05, 3.63) is 30.3 Å². The molecule has 0 saturated carbocycles. The number of unbranched alkanes of at least 4 members (excludes halogenated alkanes) is 1. The minimum atomic E-state index is 0.154. The smallest absolute Gasteiger partial charge is 0.119 e. The van der Waals surface area contributed by atoms with Gasteiger partial charge in [-0.2, -0.15) is 0 Å². The van der Waals surface area contributed by atoms with Gasteiger partial charge in [-0.1, -0.05) is 18.2 Å². The minimum Gasteiger partial charge on any atom is -0.494 e. The van der Waals surface area contributed by atoms with Gasteiger partial charge in [0.2, 0.25) is 0 Å². The van der Waals surface area contributed by atoms with Gasteiger partial charge in [0.15, 0.2) is 0 Å². The van der Waals surface area contributed by atoms with Crippen LogP contribution < -0.4 is 10.5 Å². The standard InChI is InChI=1S/C13H21NO2/c1-15-11-12(14)7-5-6-10-16-13-8-3-2-4-9-13/h2-4,8-9,12H,5-7,10-11,14H2,1H3. The Morgan fingerprint density at radius 1 is 1.19 bits per heavy atom. The molecule has 3 nitrogen and oxygen atoms in total. The Balaban J connectivity index is 2.00. The average molecular weight is 223 g/mol. The van der Waals surface area contributed by atoms with Gasteiger partial charge < -0.3 is 15.2 Å². The van der Waals surface area contributed by atoms with Crippen molar-refractivity contribution in [1.29, 1.82) is 0 Å². The molecular weight excluding hydrogens is 202 g/mol. The molecule has 0 fully saturated rings. The van der Waals surface area contributed by atoms with Gasteiger partial charge in [-0.15, -0.1) is 0 Å². The van der Waals surface area contributed by atoms with E-state index >= 15 is 0 Å². The van der Waals surface area contributed by atoms with Gasteiger partial charge in [0.05, 0.1) is 13.2 Å². The second kappa shape index (κ2) is 8.13. The molecule has 0 spiro atoms. The third-order valence-electron chi connectivity index (χ3n) is 2.36. The zero-order valence-electron chi connectivity index (χ0n) is 9.89. The van der Waals surface area contributed by atoms with Crippen molar-refractivity contribution in [3.63, 3.8) is 0 Å². The summed E-state index contributed by atoms with van der Waals surface area (Å²) in [4.78, 5) is 0. The first-order valence-electron chi connectivity index (χ1n) is 5.75. The fraction of sp³-hybridized carbons (Fsp3) is 0.538. The van der Waals surface area contributed by atoms with Crippen molar-refractivity contribution in [2.24, 2.45) is 5.73 Å². The molecule has 0 saturated heterocycles. The predicted octanol–water partition coefficient (Wildman–Crippen LogP) is 2.21. The summed E-state index contributed by atoms with van der Waals surface area (Å²) in [5, 5.41) is 0. The van der Waals surface area contributed by atoms with Crippen molar-refractivity contribution in [2.45, 2.75) is 25.3 Å². The monoisotopic (exact) mass is 223 g/mol. The summed E-state index contributed by atoms with van der Waals surface area (Å²) in [6, 6.07) is 10.0. The lowest BCUT2D eigenvalue weighted by molar-refractivity contribution is 0.175. The molecule has 0 radical (unpaired) electrons. The second-order valence-corrected chi connectivity index (χ2v) is 3.87. The first-order chi connectivity index (χ1) is 7.83. The van der Waals surface area contributed by atoms with Crippen molar-refractivity contribution < 1.29 is 9.47 Å². The highest BCUT2D eigenvalue weighted by Gasteiger charge is 2.00. The van der Waals surface area contributed by atoms with Crippen LogP contribution in [0.4, 0.5) is 0 Å². The molecule has 0 heterocycles. The molecule has 1 unspecified atom stereocenters. The zero-order valence-corrected chi connectivity index (χ0v) is 9.89. The molecule has 1 atom stereocenters. The second-order valence-electron chi connectivity index (χ2n) is 3.87. The van der Waals surface area contributed by atoms with Crippen molar-refractivity contribution >= 4 is 0 Å². The molecule has 3 heteroatoms. The summed E-state index contributed by atoms with van der Waals surface area (Å²) in [5.41, 5.74) is 5.81. The molecule has 0 aliphatic heterocycles. The molecular formula is C13H21NO2. The maximum Gasteiger partial charge on any atom is 0.119 e. The van der Waals surface area contributed by atoms with Gasteiger partial charge in [0.1, 0.15) is 5.75 Å². The molecule has 0 bridgehead atoms. The molecule has 1 rings (SSSR count). The summed E-state index contributed by atoms with van der Waals surface area (Å²) < 4.78 is 10.5. The summed E-state index contributed by atoms with van der Waals surface area (Å²) in [5.74, 6) is 0.934. The third-order valence-corrected chi connectivity index (χ3v) is 2.36. The van der Waals surface area contributed by atoms with Crippen LogP contribution >= 0.6 is 0 Å². The maximum absolute atomic E-state index is 5.81. The van der Waals surface area contributed by atoms with E-state index in [1.807, 2.05) is 30.3 Å². The Morgan fingerprint density at radius 3 is 2.62 bits per heavy atom. The Bertz CT molecular complexity index is 264. The summed E-state index contributed by atoms with van der Waals surface area (Å²) in [7, 11) is 1.68. The number of rotatable bonds is 8. The van der Waals surface area contributed by atoms with Crippen molar-refractivity contribution in [3.8, 4) is 5.75 Å². The van der Waals surface area contributed by atoms with E-state index in [9.17, 15) is 0 Å². The van der Waals surface area contributed by atoms with Gasteiger partial charge >= 0.3 is 0 Å². The molecule has 2 N–H and O–H groups in total. The SMILES string of the molecule is COCC(N)CCCCOc1ccccc1. The van der Waals surface area contributed by atoms with Gasteiger partial charge in [0, 0.05) is 13.2 Å². The third kappa shape index (κ3) is 5.73. The van der Waals surface area contributed by atoms with Gasteiger partial charge in [0.25, 0.3) is 0 Å². The van der Waals surface area contributed by atoms with Crippen LogP contribution in [0.1, 0.15) is 19.3 Å². The highest BCUT2D eigenvalue weighted by molar-refractivity contribution is 5.20. The first-order valence-corrected chi connectivity index (χ1v) is 5.75. The lowest BCUT2D eigenvalue weighted by atomic mass is 10.1. The number of methoxy groups -OCH3 is 1. The van der Waals surface area contributed by atoms with E-state index in [1.165, 1.54) is 0 Å². The molecule has 1 aromatic carbocycles. The highest BCUT2D eigenvalue weighted by Crippen LogP contribution is 2.09. The van der Waals surface area contributed by atoms with E-state index in [0.717, 1.165) is 31.6 Å². The number of hydrogen-bond donors (Lipinski definition) is 1. The number of benzene rings is 1. The Hall–Kier alpha value is -1.06. The first kappa shape index (κ1) is 13.0. The van der Waals surface area contributed by atoms with Crippen LogP contribution in [0.2, 0.25) is 0 Å². The minimum absolute atomic E-state index is 0.154. The topological polar surface area (TPSA) is 44.5 Å². The normalized spacial score (nSPS) is 12.4. The Kier molecular flexibility index (Phi) is 6.61. The molecule has 1 aromatic rings. The fourth-order valence-corrected chi connectivity index (χ4v) is 1.51. The Morgan fingerprint density at radius 2 is 1.94 bits per heavy atom. The van der Waals surface area contributed by atoms with Crippen LogP contribution in [0.5, 0.6) is 5.75 Å². The summed E-state index contributed by atoms with van der Waals surface area (Å²) in [6.07, 6.45) is 3.11. The molecule has 0 aliphatic rings. The number of hydrogen-bond acceptors (Lipinski definition) is 3. The van der Waals surface area contributed by atoms with Gasteiger partial charge in [-0.25, -0.2) is 0 Å². The summed E-state index contributed by atoms with van der Waals surface area (Å²) in [6.45, 7) is 1.39. The number of para-hydroxylation sites is 1. The lowest BCUT2D eigenvalue weighted by Gasteiger charge is -2.10. The largest absolute Gasteiger partial charge is 0.494 e. The molecule has 16 heavy (non-hydrogen) atoms. The van der Waals surface area contributed by atoms with Crippen LogP contribution in [0.25, 0.3) is 0 Å². The molecule has 0 aliphatic carbocycles. The molecule has 90 valence electrons. The van der Waals surface area contributed by atoms with Crippen LogP contribution in [-0.2, 0) is 4.74 Å². The Labute approximate surface area is 97.6 Å². The van der Waals surface area contributed by atoms with E-state index in [1.54, 1.807) is 7.11 Å². The van der Waals surface area contributed by atoms with E-state index in [2.05, 4.69) is 0 Å². The van der Waals surface area contributed by atoms with Crippen LogP contribution in [-0.4, -0.2) is 26.4 Å². The quantitative estimate of drug-likeness (QED) is 0.687. The average Bonchev–Trinajstić information content (AvgIpc) is 2.30. The fourth-order valence-electron chi connectivity index (χ4n) is 1.51. The van der Waals surface area contributed by atoms with Crippen LogP contribution in [0.15, 0.2) is 30.3 Å². The zero-order chi connectivity index (χ0) is 11.6. The van der Waals surface area contributed by atoms with E-state index < -0.39 is 0 Å². The highest BCUT2D eigenvalue weighted by atomic mass is 16.5. The van der Waals surface area contributed by atoms with Crippen LogP contribution in [0, 0.1) is 0 Å². The molecule has 0 aromatic heterocycles. The number of ether oxygens (including phenoxy) is 2. The van der Waals surface area contributed by atoms with Crippen molar-refractivity contribution in [2.75, 3.05) is 20.3 Å². The number of nitrogens with two attached hydrogens (primary N) is 1. The van der Waals surface area contributed by atoms with Gasteiger partial charge in [-0.3, -0.25) is 0 Å². The van der Waals surface area contributed by atoms with E-state index in [4.69, 9.17) is 15.2 Å². The predicted molar refractivity (Wildman–Crippen MR) is 65.6 cm³/mol. The van der Waals surface area contributed by atoms with E-state index in [0.29, 0.717) is 6.61 Å². The lowest BCUT2D eigenvalue weighted by Crippen LogP contribution is -2.25. The van der Waals surface area contributed by atoms with E-state index in [-0.39, 0.29) is 6.04 Å². The summed E-state index contributed by atoms with van der Waals surface area (Å²) >= 11 is 0. The maximum atomic E-state index is 5.81. The van der Waals surface area contributed by atoms with Crippen LogP contribution in [0.3, 0.4) is 0 Å². The molecule has 0 amide bonds.